The standard InChI is InChI=1S/C16H15N3OS3/c1-10-5-6-13(11(2)8-10)14(20)17-15-18-19-16(23-15)22-9-12-4-3-7-21-12/h3-8H,9H2,1-2H3,(H,17,18,20). The second-order valence-corrected chi connectivity index (χ2v) is 8.25. The summed E-state index contributed by atoms with van der Waals surface area (Å²) in [5, 5.41) is 13.6. The highest BCUT2D eigenvalue weighted by atomic mass is 32.2. The maximum Gasteiger partial charge on any atom is 0.257 e. The first-order valence-corrected chi connectivity index (χ1v) is 9.67. The molecule has 0 aliphatic heterocycles. The summed E-state index contributed by atoms with van der Waals surface area (Å²) in [7, 11) is 0. The molecule has 118 valence electrons. The van der Waals surface area contributed by atoms with E-state index < -0.39 is 0 Å². The van der Waals surface area contributed by atoms with Gasteiger partial charge in [0.2, 0.25) is 5.13 Å². The lowest BCUT2D eigenvalue weighted by Crippen LogP contribution is -2.13. The number of hydrogen-bond acceptors (Lipinski definition) is 6. The number of nitrogens with one attached hydrogen (secondary N) is 1. The number of thiophene rings is 1. The van der Waals surface area contributed by atoms with Crippen LogP contribution in [-0.4, -0.2) is 16.1 Å². The largest absolute Gasteiger partial charge is 0.296 e. The van der Waals surface area contributed by atoms with Crippen LogP contribution in [0.15, 0.2) is 40.1 Å². The third-order valence-corrected chi connectivity index (χ3v) is 6.25. The van der Waals surface area contributed by atoms with E-state index in [2.05, 4.69) is 27.0 Å². The van der Waals surface area contributed by atoms with Crippen LogP contribution in [0.1, 0.15) is 26.4 Å². The number of aryl methyl sites for hydroxylation is 2. The van der Waals surface area contributed by atoms with Crippen molar-refractivity contribution in [2.45, 2.75) is 23.9 Å². The predicted molar refractivity (Wildman–Crippen MR) is 97.7 cm³/mol. The zero-order chi connectivity index (χ0) is 16.2. The summed E-state index contributed by atoms with van der Waals surface area (Å²) >= 11 is 4.76. The Bertz CT molecular complexity index is 812. The minimum Gasteiger partial charge on any atom is -0.296 e. The number of carbonyl (C=O) groups excluding carboxylic acids is 1. The van der Waals surface area contributed by atoms with Gasteiger partial charge in [-0.1, -0.05) is 46.9 Å². The summed E-state index contributed by atoms with van der Waals surface area (Å²) in [5.41, 5.74) is 2.76. The van der Waals surface area contributed by atoms with Gasteiger partial charge in [0.15, 0.2) is 4.34 Å². The molecule has 3 aromatic rings. The van der Waals surface area contributed by atoms with Crippen LogP contribution in [0.2, 0.25) is 0 Å². The van der Waals surface area contributed by atoms with Crippen molar-refractivity contribution in [1.82, 2.24) is 10.2 Å². The number of thioether (sulfide) groups is 1. The van der Waals surface area contributed by atoms with Crippen molar-refractivity contribution in [3.05, 3.63) is 57.3 Å². The van der Waals surface area contributed by atoms with Gasteiger partial charge in [-0.2, -0.15) is 0 Å². The third-order valence-electron chi connectivity index (χ3n) is 3.17. The lowest BCUT2D eigenvalue weighted by Gasteiger charge is -2.05. The van der Waals surface area contributed by atoms with Crippen LogP contribution in [0.5, 0.6) is 0 Å². The number of carbonyl (C=O) groups is 1. The highest BCUT2D eigenvalue weighted by Crippen LogP contribution is 2.29. The minimum absolute atomic E-state index is 0.145. The summed E-state index contributed by atoms with van der Waals surface area (Å²) in [5.74, 6) is 0.727. The fourth-order valence-corrected chi connectivity index (χ4v) is 4.60. The molecule has 0 atom stereocenters. The van der Waals surface area contributed by atoms with Crippen LogP contribution >= 0.6 is 34.4 Å². The van der Waals surface area contributed by atoms with E-state index in [1.165, 1.54) is 16.2 Å². The van der Waals surface area contributed by atoms with Gasteiger partial charge in [-0.25, -0.2) is 0 Å². The van der Waals surface area contributed by atoms with Gasteiger partial charge in [-0.3, -0.25) is 10.1 Å². The molecule has 0 bridgehead atoms. The lowest BCUT2D eigenvalue weighted by atomic mass is 10.1. The number of aromatic nitrogens is 2. The van der Waals surface area contributed by atoms with Crippen molar-refractivity contribution in [3.8, 4) is 0 Å². The normalized spacial score (nSPS) is 10.7. The maximum atomic E-state index is 12.3. The number of anilines is 1. The SMILES string of the molecule is Cc1ccc(C(=O)Nc2nnc(SCc3cccs3)s2)c(C)c1. The second-order valence-electron chi connectivity index (χ2n) is 5.01. The lowest BCUT2D eigenvalue weighted by molar-refractivity contribution is 0.102. The summed E-state index contributed by atoms with van der Waals surface area (Å²) in [6.07, 6.45) is 0. The maximum absolute atomic E-state index is 12.3. The number of amides is 1. The van der Waals surface area contributed by atoms with Crippen LogP contribution in [-0.2, 0) is 5.75 Å². The molecule has 1 amide bonds. The molecule has 1 N–H and O–H groups in total. The molecule has 0 saturated heterocycles. The molecule has 0 radical (unpaired) electrons. The first-order valence-electron chi connectivity index (χ1n) is 6.99. The van der Waals surface area contributed by atoms with E-state index in [1.807, 2.05) is 38.1 Å². The summed E-state index contributed by atoms with van der Waals surface area (Å²) in [4.78, 5) is 13.6. The van der Waals surface area contributed by atoms with Crippen molar-refractivity contribution >= 4 is 45.5 Å². The Morgan fingerprint density at radius 3 is 2.87 bits per heavy atom. The fourth-order valence-electron chi connectivity index (χ4n) is 2.08. The first-order chi connectivity index (χ1) is 11.1. The van der Waals surface area contributed by atoms with E-state index in [9.17, 15) is 4.79 Å². The van der Waals surface area contributed by atoms with Gasteiger partial charge >= 0.3 is 0 Å². The number of hydrogen-bond donors (Lipinski definition) is 1. The van der Waals surface area contributed by atoms with Crippen molar-refractivity contribution < 1.29 is 4.79 Å². The van der Waals surface area contributed by atoms with E-state index in [1.54, 1.807) is 23.1 Å². The number of rotatable bonds is 5. The predicted octanol–water partition coefficient (Wildman–Crippen LogP) is 4.76. The molecule has 2 aromatic heterocycles. The van der Waals surface area contributed by atoms with Crippen LogP contribution in [0, 0.1) is 13.8 Å². The zero-order valence-corrected chi connectivity index (χ0v) is 15.1. The molecular formula is C16H15N3OS3. The molecule has 7 heteroatoms. The van der Waals surface area contributed by atoms with Gasteiger partial charge in [-0.15, -0.1) is 21.5 Å². The third kappa shape index (κ3) is 4.19. The highest BCUT2D eigenvalue weighted by molar-refractivity contribution is 8.00. The molecule has 0 fully saturated rings. The monoisotopic (exact) mass is 361 g/mol. The Labute approximate surface area is 147 Å². The average molecular weight is 362 g/mol. The van der Waals surface area contributed by atoms with E-state index in [-0.39, 0.29) is 5.91 Å². The first kappa shape index (κ1) is 16.2. The van der Waals surface area contributed by atoms with Gasteiger partial charge in [0.05, 0.1) is 0 Å². The zero-order valence-electron chi connectivity index (χ0n) is 12.7. The average Bonchev–Trinajstić information content (AvgIpc) is 3.16. The number of benzene rings is 1. The van der Waals surface area contributed by atoms with Crippen molar-refractivity contribution in [2.24, 2.45) is 0 Å². The molecule has 0 aliphatic rings. The Hall–Kier alpha value is -1.70. The number of nitrogens with zero attached hydrogens (tertiary/aromatic N) is 2. The van der Waals surface area contributed by atoms with E-state index >= 15 is 0 Å². The van der Waals surface area contributed by atoms with Crippen molar-refractivity contribution in [1.29, 1.82) is 0 Å². The molecule has 0 spiro atoms. The van der Waals surface area contributed by atoms with Crippen LogP contribution in [0.25, 0.3) is 0 Å². The molecule has 23 heavy (non-hydrogen) atoms. The van der Waals surface area contributed by atoms with Crippen molar-refractivity contribution in [2.75, 3.05) is 5.32 Å². The van der Waals surface area contributed by atoms with Gasteiger partial charge in [0.1, 0.15) is 0 Å². The van der Waals surface area contributed by atoms with Crippen molar-refractivity contribution in [3.63, 3.8) is 0 Å². The molecule has 1 aromatic carbocycles. The van der Waals surface area contributed by atoms with E-state index in [0.717, 1.165) is 21.2 Å². The Kier molecular flexibility index (Phi) is 5.09. The Morgan fingerprint density at radius 2 is 2.13 bits per heavy atom. The van der Waals surface area contributed by atoms with Crippen LogP contribution in [0.4, 0.5) is 5.13 Å². The van der Waals surface area contributed by atoms with Gasteiger partial charge in [0.25, 0.3) is 5.91 Å². The fraction of sp³-hybridized carbons (Fsp3) is 0.188. The highest BCUT2D eigenvalue weighted by Gasteiger charge is 2.12. The quantitative estimate of drug-likeness (QED) is 0.526. The summed E-state index contributed by atoms with van der Waals surface area (Å²) in [6, 6.07) is 9.91. The van der Waals surface area contributed by atoms with Gasteiger partial charge < -0.3 is 0 Å². The molecule has 0 unspecified atom stereocenters. The molecule has 2 heterocycles. The van der Waals surface area contributed by atoms with Gasteiger partial charge in [0, 0.05) is 16.2 Å². The summed E-state index contributed by atoms with van der Waals surface area (Å²) in [6.45, 7) is 3.95. The van der Waals surface area contributed by atoms with E-state index in [4.69, 9.17) is 0 Å². The van der Waals surface area contributed by atoms with Crippen LogP contribution < -0.4 is 5.32 Å². The molecular weight excluding hydrogens is 346 g/mol. The summed E-state index contributed by atoms with van der Waals surface area (Å²) < 4.78 is 0.856. The van der Waals surface area contributed by atoms with E-state index in [0.29, 0.717) is 10.7 Å². The molecule has 0 aliphatic carbocycles. The topological polar surface area (TPSA) is 54.9 Å². The molecule has 0 saturated carbocycles. The Morgan fingerprint density at radius 1 is 1.26 bits per heavy atom. The Balaban J connectivity index is 1.63. The smallest absolute Gasteiger partial charge is 0.257 e. The molecule has 3 rings (SSSR count). The second kappa shape index (κ2) is 7.25. The van der Waals surface area contributed by atoms with Gasteiger partial charge in [-0.05, 0) is 36.9 Å². The molecule has 4 nitrogen and oxygen atoms in total. The van der Waals surface area contributed by atoms with Crippen LogP contribution in [0.3, 0.4) is 0 Å². The minimum atomic E-state index is -0.145.